The molecule has 0 saturated carbocycles. The Morgan fingerprint density at radius 1 is 1.33 bits per heavy atom. The van der Waals surface area contributed by atoms with Crippen LogP contribution >= 0.6 is 0 Å². The van der Waals surface area contributed by atoms with Gasteiger partial charge in [-0.1, -0.05) is 6.92 Å². The van der Waals surface area contributed by atoms with Gasteiger partial charge in [0, 0.05) is 18.8 Å². The number of benzene rings is 1. The van der Waals surface area contributed by atoms with E-state index in [9.17, 15) is 5.11 Å². The van der Waals surface area contributed by atoms with Crippen molar-refractivity contribution in [1.29, 1.82) is 0 Å². The number of rotatable bonds is 2. The molecule has 1 heterocycles. The lowest BCUT2D eigenvalue weighted by Gasteiger charge is -2.30. The molecule has 0 aromatic heterocycles. The van der Waals surface area contributed by atoms with Crippen LogP contribution in [-0.4, -0.2) is 31.4 Å². The van der Waals surface area contributed by atoms with E-state index >= 15 is 0 Å². The van der Waals surface area contributed by atoms with Gasteiger partial charge in [0.2, 0.25) is 0 Å². The molecule has 1 fully saturated rings. The first-order chi connectivity index (χ1) is 7.31. The van der Waals surface area contributed by atoms with E-state index in [0.29, 0.717) is 5.75 Å². The van der Waals surface area contributed by atoms with Gasteiger partial charge in [0.05, 0.1) is 13.2 Å². The van der Waals surface area contributed by atoms with Crippen LogP contribution in [0, 0.1) is 0 Å². The van der Waals surface area contributed by atoms with Gasteiger partial charge in [0.1, 0.15) is 5.75 Å². The second-order valence-corrected chi connectivity index (χ2v) is 3.77. The second-order valence-electron chi connectivity index (χ2n) is 3.77. The molecule has 1 aromatic carbocycles. The summed E-state index contributed by atoms with van der Waals surface area (Å²) in [5, 5.41) is 9.42. The van der Waals surface area contributed by atoms with E-state index in [-0.39, 0.29) is 0 Å². The Morgan fingerprint density at radius 2 is 2.07 bits per heavy atom. The molecule has 15 heavy (non-hydrogen) atoms. The lowest BCUT2D eigenvalue weighted by atomic mass is 10.1. The maximum atomic E-state index is 9.42. The number of morpholine rings is 1. The Labute approximate surface area is 90.3 Å². The largest absolute Gasteiger partial charge is 0.508 e. The lowest BCUT2D eigenvalue weighted by molar-refractivity contribution is 0.122. The Kier molecular flexibility index (Phi) is 3.11. The summed E-state index contributed by atoms with van der Waals surface area (Å²) in [6.45, 7) is 5.59. The smallest absolute Gasteiger partial charge is 0.116 e. The third-order valence-corrected chi connectivity index (χ3v) is 2.80. The van der Waals surface area contributed by atoms with Gasteiger partial charge in [-0.3, -0.25) is 0 Å². The summed E-state index contributed by atoms with van der Waals surface area (Å²) in [5.41, 5.74) is 2.44. The van der Waals surface area contributed by atoms with Crippen molar-refractivity contribution in [3.8, 4) is 5.75 Å². The van der Waals surface area contributed by atoms with Crippen molar-refractivity contribution < 1.29 is 9.84 Å². The minimum Gasteiger partial charge on any atom is -0.508 e. The minimum atomic E-state index is 0.351. The summed E-state index contributed by atoms with van der Waals surface area (Å²) in [4.78, 5) is 2.32. The SMILES string of the molecule is CCc1cc(O)ccc1N1CCOCC1. The van der Waals surface area contributed by atoms with Crippen molar-refractivity contribution >= 4 is 5.69 Å². The van der Waals surface area contributed by atoms with Crippen molar-refractivity contribution in [2.75, 3.05) is 31.2 Å². The molecular weight excluding hydrogens is 190 g/mol. The topological polar surface area (TPSA) is 32.7 Å². The molecule has 0 aliphatic carbocycles. The van der Waals surface area contributed by atoms with E-state index in [1.807, 2.05) is 12.1 Å². The van der Waals surface area contributed by atoms with Gasteiger partial charge in [-0.2, -0.15) is 0 Å². The molecule has 1 aromatic rings. The van der Waals surface area contributed by atoms with Crippen molar-refractivity contribution in [2.45, 2.75) is 13.3 Å². The quantitative estimate of drug-likeness (QED) is 0.802. The summed E-state index contributed by atoms with van der Waals surface area (Å²) in [7, 11) is 0. The monoisotopic (exact) mass is 207 g/mol. The predicted molar refractivity (Wildman–Crippen MR) is 60.5 cm³/mol. The number of phenols is 1. The summed E-state index contributed by atoms with van der Waals surface area (Å²) >= 11 is 0. The molecule has 1 aliphatic rings. The van der Waals surface area contributed by atoms with Crippen LogP contribution in [0.2, 0.25) is 0 Å². The number of hydrogen-bond donors (Lipinski definition) is 1. The first-order valence-electron chi connectivity index (χ1n) is 5.46. The fourth-order valence-electron chi connectivity index (χ4n) is 1.97. The summed E-state index contributed by atoms with van der Waals surface area (Å²) in [6.07, 6.45) is 0.946. The zero-order chi connectivity index (χ0) is 10.7. The highest BCUT2D eigenvalue weighted by atomic mass is 16.5. The number of anilines is 1. The van der Waals surface area contributed by atoms with Gasteiger partial charge < -0.3 is 14.7 Å². The van der Waals surface area contributed by atoms with E-state index in [2.05, 4.69) is 11.8 Å². The molecule has 0 spiro atoms. The van der Waals surface area contributed by atoms with Crippen LogP contribution in [0.4, 0.5) is 5.69 Å². The first kappa shape index (κ1) is 10.3. The van der Waals surface area contributed by atoms with E-state index < -0.39 is 0 Å². The van der Waals surface area contributed by atoms with Crippen LogP contribution in [0.15, 0.2) is 18.2 Å². The molecule has 0 bridgehead atoms. The van der Waals surface area contributed by atoms with Gasteiger partial charge in [-0.05, 0) is 30.2 Å². The number of hydrogen-bond acceptors (Lipinski definition) is 3. The highest BCUT2D eigenvalue weighted by Gasteiger charge is 2.14. The maximum absolute atomic E-state index is 9.42. The Bertz CT molecular complexity index is 332. The van der Waals surface area contributed by atoms with Crippen LogP contribution in [0.25, 0.3) is 0 Å². The fourth-order valence-corrected chi connectivity index (χ4v) is 1.97. The number of aromatic hydroxyl groups is 1. The summed E-state index contributed by atoms with van der Waals surface area (Å²) in [6, 6.07) is 5.61. The first-order valence-corrected chi connectivity index (χ1v) is 5.46. The van der Waals surface area contributed by atoms with Gasteiger partial charge in [-0.25, -0.2) is 0 Å². The summed E-state index contributed by atoms with van der Waals surface area (Å²) < 4.78 is 5.33. The number of nitrogens with zero attached hydrogens (tertiary/aromatic N) is 1. The zero-order valence-electron chi connectivity index (χ0n) is 9.07. The molecule has 0 amide bonds. The van der Waals surface area contributed by atoms with Gasteiger partial charge >= 0.3 is 0 Å². The van der Waals surface area contributed by atoms with E-state index in [0.717, 1.165) is 32.7 Å². The van der Waals surface area contributed by atoms with Crippen molar-refractivity contribution in [3.63, 3.8) is 0 Å². The van der Waals surface area contributed by atoms with Gasteiger partial charge in [0.25, 0.3) is 0 Å². The number of aryl methyl sites for hydroxylation is 1. The van der Waals surface area contributed by atoms with Crippen LogP contribution in [0.1, 0.15) is 12.5 Å². The van der Waals surface area contributed by atoms with Crippen molar-refractivity contribution in [1.82, 2.24) is 0 Å². The average molecular weight is 207 g/mol. The molecular formula is C12H17NO2. The van der Waals surface area contributed by atoms with Gasteiger partial charge in [-0.15, -0.1) is 0 Å². The van der Waals surface area contributed by atoms with Crippen LogP contribution in [0.5, 0.6) is 5.75 Å². The third-order valence-electron chi connectivity index (χ3n) is 2.80. The molecule has 2 rings (SSSR count). The molecule has 1 saturated heterocycles. The molecule has 82 valence electrons. The fraction of sp³-hybridized carbons (Fsp3) is 0.500. The lowest BCUT2D eigenvalue weighted by Crippen LogP contribution is -2.36. The van der Waals surface area contributed by atoms with E-state index in [1.165, 1.54) is 11.3 Å². The average Bonchev–Trinajstić information content (AvgIpc) is 2.30. The highest BCUT2D eigenvalue weighted by Crippen LogP contribution is 2.25. The number of ether oxygens (including phenoxy) is 1. The predicted octanol–water partition coefficient (Wildman–Crippen LogP) is 1.79. The molecule has 1 aliphatic heterocycles. The molecule has 3 heteroatoms. The van der Waals surface area contributed by atoms with Crippen LogP contribution < -0.4 is 4.90 Å². The molecule has 0 atom stereocenters. The van der Waals surface area contributed by atoms with Crippen molar-refractivity contribution in [3.05, 3.63) is 23.8 Å². The molecule has 1 N–H and O–H groups in total. The molecule has 0 radical (unpaired) electrons. The Hall–Kier alpha value is -1.22. The van der Waals surface area contributed by atoms with Crippen molar-refractivity contribution in [2.24, 2.45) is 0 Å². The summed E-state index contributed by atoms with van der Waals surface area (Å²) in [5.74, 6) is 0.351. The van der Waals surface area contributed by atoms with E-state index in [1.54, 1.807) is 6.07 Å². The van der Waals surface area contributed by atoms with Crippen LogP contribution in [0.3, 0.4) is 0 Å². The molecule has 0 unspecified atom stereocenters. The molecule has 3 nitrogen and oxygen atoms in total. The third kappa shape index (κ3) is 2.23. The van der Waals surface area contributed by atoms with E-state index in [4.69, 9.17) is 4.74 Å². The Balaban J connectivity index is 2.25. The second kappa shape index (κ2) is 4.53. The highest BCUT2D eigenvalue weighted by molar-refractivity contribution is 5.56. The zero-order valence-corrected chi connectivity index (χ0v) is 9.07. The normalized spacial score (nSPS) is 16.7. The van der Waals surface area contributed by atoms with Crippen LogP contribution in [-0.2, 0) is 11.2 Å². The standard InChI is InChI=1S/C12H17NO2/c1-2-10-9-11(14)3-4-12(10)13-5-7-15-8-6-13/h3-4,9,14H,2,5-8H2,1H3. The number of phenolic OH excluding ortho intramolecular Hbond substituents is 1. The maximum Gasteiger partial charge on any atom is 0.116 e. The Morgan fingerprint density at radius 3 is 2.73 bits per heavy atom. The minimum absolute atomic E-state index is 0.351. The van der Waals surface area contributed by atoms with Gasteiger partial charge in [0.15, 0.2) is 0 Å².